The first-order valence-electron chi connectivity index (χ1n) is 9.33. The number of imide groups is 1. The fourth-order valence-corrected chi connectivity index (χ4v) is 3.60. The van der Waals surface area contributed by atoms with Gasteiger partial charge in [0.15, 0.2) is 5.69 Å². The SMILES string of the molecule is Cn1cc(NC(=O)Cn2nc(C3CCC(=O)NC3=O)c3ccccc32)c(C(F)(F)F)n1. The van der Waals surface area contributed by atoms with Crippen molar-refractivity contribution >= 4 is 34.3 Å². The summed E-state index contributed by atoms with van der Waals surface area (Å²) in [6, 6.07) is 6.89. The Morgan fingerprint density at radius 1 is 1.26 bits per heavy atom. The fraction of sp³-hybridized carbons (Fsp3) is 0.316. The maximum absolute atomic E-state index is 13.1. The molecule has 2 aromatic heterocycles. The van der Waals surface area contributed by atoms with Crippen molar-refractivity contribution in [3.05, 3.63) is 41.9 Å². The van der Waals surface area contributed by atoms with Gasteiger partial charge in [-0.25, -0.2) is 0 Å². The van der Waals surface area contributed by atoms with Crippen molar-refractivity contribution in [2.24, 2.45) is 7.05 Å². The van der Waals surface area contributed by atoms with Crippen molar-refractivity contribution < 1.29 is 27.6 Å². The summed E-state index contributed by atoms with van der Waals surface area (Å²) in [4.78, 5) is 36.2. The van der Waals surface area contributed by atoms with Crippen molar-refractivity contribution in [1.82, 2.24) is 24.9 Å². The summed E-state index contributed by atoms with van der Waals surface area (Å²) in [5, 5.41) is 12.9. The van der Waals surface area contributed by atoms with Crippen LogP contribution in [0.15, 0.2) is 30.5 Å². The van der Waals surface area contributed by atoms with Crippen LogP contribution in [0.1, 0.15) is 30.1 Å². The van der Waals surface area contributed by atoms with Gasteiger partial charge in [-0.1, -0.05) is 18.2 Å². The fourth-order valence-electron chi connectivity index (χ4n) is 3.60. The highest BCUT2D eigenvalue weighted by Gasteiger charge is 2.38. The third-order valence-electron chi connectivity index (χ3n) is 4.92. The minimum atomic E-state index is -4.72. The van der Waals surface area contributed by atoms with Crippen LogP contribution in [0.5, 0.6) is 0 Å². The van der Waals surface area contributed by atoms with Gasteiger partial charge in [0.1, 0.15) is 6.54 Å². The van der Waals surface area contributed by atoms with Gasteiger partial charge in [0.05, 0.1) is 22.8 Å². The van der Waals surface area contributed by atoms with Gasteiger partial charge < -0.3 is 5.32 Å². The molecule has 1 aliphatic heterocycles. The van der Waals surface area contributed by atoms with Gasteiger partial charge in [-0.3, -0.25) is 29.1 Å². The van der Waals surface area contributed by atoms with Gasteiger partial charge in [0, 0.05) is 25.1 Å². The number of benzene rings is 1. The van der Waals surface area contributed by atoms with Crippen LogP contribution in [-0.2, 0) is 34.2 Å². The molecule has 0 spiro atoms. The number of carbonyl (C=O) groups excluding carboxylic acids is 3. The van der Waals surface area contributed by atoms with Crippen LogP contribution in [0.25, 0.3) is 10.9 Å². The second-order valence-electron chi connectivity index (χ2n) is 7.17. The van der Waals surface area contributed by atoms with E-state index in [1.54, 1.807) is 24.3 Å². The minimum absolute atomic E-state index is 0.166. The Labute approximate surface area is 173 Å². The van der Waals surface area contributed by atoms with Gasteiger partial charge in [-0.05, 0) is 12.5 Å². The molecule has 1 fully saturated rings. The summed E-state index contributed by atoms with van der Waals surface area (Å²) in [6.45, 7) is -0.375. The van der Waals surface area contributed by atoms with Gasteiger partial charge in [0.25, 0.3) is 0 Å². The predicted octanol–water partition coefficient (Wildman–Crippen LogP) is 1.95. The number of halogens is 3. The number of fused-ring (bicyclic) bond motifs is 1. The van der Waals surface area contributed by atoms with Gasteiger partial charge >= 0.3 is 6.18 Å². The zero-order chi connectivity index (χ0) is 22.3. The van der Waals surface area contributed by atoms with Crippen LogP contribution >= 0.6 is 0 Å². The summed E-state index contributed by atoms with van der Waals surface area (Å²) in [5.41, 5.74) is -0.704. The number of hydrogen-bond donors (Lipinski definition) is 2. The van der Waals surface area contributed by atoms with Crippen LogP contribution < -0.4 is 10.6 Å². The van der Waals surface area contributed by atoms with Crippen LogP contribution in [0, 0.1) is 0 Å². The molecule has 1 atom stereocenters. The Bertz CT molecular complexity index is 1200. The Morgan fingerprint density at radius 3 is 2.71 bits per heavy atom. The number of hydrogen-bond acceptors (Lipinski definition) is 5. The van der Waals surface area contributed by atoms with Crippen LogP contribution in [-0.4, -0.2) is 37.3 Å². The smallest absolute Gasteiger partial charge is 0.321 e. The van der Waals surface area contributed by atoms with Crippen LogP contribution in [0.3, 0.4) is 0 Å². The number of piperidine rings is 1. The minimum Gasteiger partial charge on any atom is -0.321 e. The lowest BCUT2D eigenvalue weighted by molar-refractivity contribution is -0.141. The topological polar surface area (TPSA) is 111 Å². The third-order valence-corrected chi connectivity index (χ3v) is 4.92. The summed E-state index contributed by atoms with van der Waals surface area (Å²) in [6.07, 6.45) is -3.21. The highest BCUT2D eigenvalue weighted by molar-refractivity contribution is 6.02. The molecule has 3 aromatic rings. The lowest BCUT2D eigenvalue weighted by atomic mass is 9.93. The Kier molecular flexibility index (Phi) is 4.99. The molecule has 1 saturated heterocycles. The van der Waals surface area contributed by atoms with E-state index in [-0.39, 0.29) is 25.3 Å². The van der Waals surface area contributed by atoms with Gasteiger partial charge in [0.2, 0.25) is 17.7 Å². The first-order chi connectivity index (χ1) is 14.6. The van der Waals surface area contributed by atoms with Crippen LogP contribution in [0.4, 0.5) is 18.9 Å². The lowest BCUT2D eigenvalue weighted by Crippen LogP contribution is -2.39. The molecular weight excluding hydrogens is 417 g/mol. The first-order valence-corrected chi connectivity index (χ1v) is 9.33. The Balaban J connectivity index is 1.62. The third kappa shape index (κ3) is 4.00. The number of para-hydroxylation sites is 1. The summed E-state index contributed by atoms with van der Waals surface area (Å²) < 4.78 is 41.6. The number of amides is 3. The monoisotopic (exact) mass is 434 g/mol. The number of nitrogens with zero attached hydrogens (tertiary/aromatic N) is 4. The molecule has 0 bridgehead atoms. The van der Waals surface area contributed by atoms with Crippen molar-refractivity contribution in [2.75, 3.05) is 5.32 Å². The molecule has 0 radical (unpaired) electrons. The highest BCUT2D eigenvalue weighted by Crippen LogP contribution is 2.34. The van der Waals surface area contributed by atoms with Crippen LogP contribution in [0.2, 0.25) is 0 Å². The predicted molar refractivity (Wildman–Crippen MR) is 102 cm³/mol. The van der Waals surface area contributed by atoms with Crippen molar-refractivity contribution in [2.45, 2.75) is 31.5 Å². The molecule has 1 unspecified atom stereocenters. The second kappa shape index (κ2) is 7.52. The average molecular weight is 434 g/mol. The molecule has 1 aromatic carbocycles. The van der Waals surface area contributed by atoms with E-state index >= 15 is 0 Å². The molecule has 162 valence electrons. The summed E-state index contributed by atoms with van der Waals surface area (Å²) >= 11 is 0. The molecule has 3 heterocycles. The zero-order valence-electron chi connectivity index (χ0n) is 16.2. The number of aromatic nitrogens is 4. The molecule has 31 heavy (non-hydrogen) atoms. The van der Waals surface area contributed by atoms with Gasteiger partial charge in [-0.2, -0.15) is 23.4 Å². The highest BCUT2D eigenvalue weighted by atomic mass is 19.4. The van der Waals surface area contributed by atoms with Crippen molar-refractivity contribution in [3.63, 3.8) is 0 Å². The van der Waals surface area contributed by atoms with E-state index in [0.717, 1.165) is 10.9 Å². The lowest BCUT2D eigenvalue weighted by Gasteiger charge is -2.19. The standard InChI is InChI=1S/C19H17F3N6O3/c1-27-8-12(17(26-27)19(20,21)22)23-15(30)9-28-13-5-3-2-4-10(13)16(25-28)11-6-7-14(29)24-18(11)31/h2-5,8,11H,6-7,9H2,1H3,(H,23,30)(H,24,29,31). The molecule has 12 heteroatoms. The molecule has 0 aliphatic carbocycles. The Hall–Kier alpha value is -3.70. The van der Waals surface area contributed by atoms with Crippen molar-refractivity contribution in [3.8, 4) is 0 Å². The molecule has 9 nitrogen and oxygen atoms in total. The van der Waals surface area contributed by atoms with E-state index in [4.69, 9.17) is 0 Å². The number of rotatable bonds is 4. The normalized spacial score (nSPS) is 17.1. The first kappa shape index (κ1) is 20.6. The molecule has 4 rings (SSSR count). The number of aryl methyl sites for hydroxylation is 1. The van der Waals surface area contributed by atoms with E-state index < -0.39 is 35.3 Å². The maximum atomic E-state index is 13.1. The Morgan fingerprint density at radius 2 is 2.00 bits per heavy atom. The molecule has 1 aliphatic rings. The summed E-state index contributed by atoms with van der Waals surface area (Å²) in [7, 11) is 1.32. The number of carbonyl (C=O) groups is 3. The van der Waals surface area contributed by atoms with Gasteiger partial charge in [-0.15, -0.1) is 0 Å². The molecule has 3 amide bonds. The molecule has 2 N–H and O–H groups in total. The second-order valence-corrected chi connectivity index (χ2v) is 7.17. The molecular formula is C19H17F3N6O3. The van der Waals surface area contributed by atoms with E-state index in [9.17, 15) is 27.6 Å². The van der Waals surface area contributed by atoms with E-state index in [2.05, 4.69) is 20.8 Å². The number of alkyl halides is 3. The number of anilines is 1. The van der Waals surface area contributed by atoms with E-state index in [1.807, 2.05) is 0 Å². The van der Waals surface area contributed by atoms with E-state index in [0.29, 0.717) is 16.6 Å². The van der Waals surface area contributed by atoms with E-state index in [1.165, 1.54) is 11.7 Å². The average Bonchev–Trinajstić information content (AvgIpc) is 3.22. The number of nitrogens with one attached hydrogen (secondary N) is 2. The zero-order valence-corrected chi connectivity index (χ0v) is 16.2. The largest absolute Gasteiger partial charge is 0.437 e. The molecule has 0 saturated carbocycles. The maximum Gasteiger partial charge on any atom is 0.437 e. The van der Waals surface area contributed by atoms with Crippen molar-refractivity contribution in [1.29, 1.82) is 0 Å². The summed E-state index contributed by atoms with van der Waals surface area (Å²) in [5.74, 6) is -2.23. The quantitative estimate of drug-likeness (QED) is 0.610.